The molecule has 0 N–H and O–H groups in total. The number of benzene rings is 1. The zero-order valence-electron chi connectivity index (χ0n) is 10.4. The molecule has 96 valence electrons. The van der Waals surface area contributed by atoms with Gasteiger partial charge in [-0.15, -0.1) is 0 Å². The lowest BCUT2D eigenvalue weighted by molar-refractivity contribution is -0.150. The highest BCUT2D eigenvalue weighted by Crippen LogP contribution is 2.51. The average molecular weight is 250 g/mol. The normalized spacial score (nSPS) is 25.4. The van der Waals surface area contributed by atoms with Gasteiger partial charge in [0.15, 0.2) is 5.78 Å². The minimum Gasteiger partial charge on any atom is -0.497 e. The molecule has 2 rings (SSSR count). The molecule has 5 nitrogen and oxygen atoms in total. The van der Waals surface area contributed by atoms with E-state index in [9.17, 15) is 9.59 Å². The van der Waals surface area contributed by atoms with E-state index >= 15 is 0 Å². The number of carbonyl (C=O) groups is 2. The van der Waals surface area contributed by atoms with Crippen LogP contribution in [-0.2, 0) is 19.1 Å². The molecule has 1 heterocycles. The van der Waals surface area contributed by atoms with E-state index in [0.29, 0.717) is 5.75 Å². The van der Waals surface area contributed by atoms with Crippen LogP contribution in [0.3, 0.4) is 0 Å². The maximum Gasteiger partial charge on any atom is 0.349 e. The van der Waals surface area contributed by atoms with Gasteiger partial charge < -0.3 is 14.2 Å². The van der Waals surface area contributed by atoms with Crippen molar-refractivity contribution in [3.63, 3.8) is 0 Å². The first kappa shape index (κ1) is 12.6. The fourth-order valence-corrected chi connectivity index (χ4v) is 1.95. The van der Waals surface area contributed by atoms with Gasteiger partial charge in [-0.3, -0.25) is 4.79 Å². The first-order valence-electron chi connectivity index (χ1n) is 5.47. The van der Waals surface area contributed by atoms with E-state index in [2.05, 4.69) is 4.74 Å². The molecule has 1 aromatic rings. The lowest BCUT2D eigenvalue weighted by Crippen LogP contribution is -2.34. The van der Waals surface area contributed by atoms with Gasteiger partial charge in [0.05, 0.1) is 14.2 Å². The van der Waals surface area contributed by atoms with Gasteiger partial charge in [-0.05, 0) is 24.6 Å². The third kappa shape index (κ3) is 1.76. The van der Waals surface area contributed by atoms with Crippen molar-refractivity contribution in [3.05, 3.63) is 29.8 Å². The largest absolute Gasteiger partial charge is 0.497 e. The molecule has 1 aromatic carbocycles. The van der Waals surface area contributed by atoms with E-state index in [1.165, 1.54) is 14.0 Å². The number of hydrogen-bond acceptors (Lipinski definition) is 5. The number of ketones is 1. The lowest BCUT2D eigenvalue weighted by atomic mass is 9.96. The van der Waals surface area contributed by atoms with Crippen LogP contribution in [0.5, 0.6) is 5.75 Å². The van der Waals surface area contributed by atoms with Crippen LogP contribution in [0.4, 0.5) is 0 Å². The van der Waals surface area contributed by atoms with Gasteiger partial charge in [0, 0.05) is 0 Å². The maximum atomic E-state index is 11.7. The molecule has 1 fully saturated rings. The number of esters is 1. The molecule has 0 spiro atoms. The Morgan fingerprint density at radius 1 is 1.22 bits per heavy atom. The Balaban J connectivity index is 2.26. The van der Waals surface area contributed by atoms with Crippen molar-refractivity contribution in [2.24, 2.45) is 0 Å². The van der Waals surface area contributed by atoms with Crippen molar-refractivity contribution in [2.45, 2.75) is 18.6 Å². The highest BCUT2D eigenvalue weighted by Gasteiger charge is 2.68. The van der Waals surface area contributed by atoms with Crippen molar-refractivity contribution in [1.82, 2.24) is 0 Å². The number of Topliss-reactive ketones (excluding diaryl/α,β-unsaturated/α-hetero) is 1. The van der Waals surface area contributed by atoms with Gasteiger partial charge in [0.2, 0.25) is 0 Å². The van der Waals surface area contributed by atoms with Crippen molar-refractivity contribution in [1.29, 1.82) is 0 Å². The van der Waals surface area contributed by atoms with E-state index < -0.39 is 17.7 Å². The highest BCUT2D eigenvalue weighted by molar-refractivity contribution is 6.09. The molecule has 0 aromatic heterocycles. The van der Waals surface area contributed by atoms with E-state index in [0.717, 1.165) is 5.56 Å². The SMILES string of the molecule is COC(=O)[C@@]1(C(C)=O)O[C@H]1c1ccc(OC)cc1. The number of rotatable bonds is 4. The summed E-state index contributed by atoms with van der Waals surface area (Å²) in [4.78, 5) is 23.2. The Morgan fingerprint density at radius 2 is 1.83 bits per heavy atom. The molecular weight excluding hydrogens is 236 g/mol. The third-order valence-corrected chi connectivity index (χ3v) is 3.05. The fraction of sp³-hybridized carbons (Fsp3) is 0.385. The summed E-state index contributed by atoms with van der Waals surface area (Å²) in [6.07, 6.45) is -0.576. The number of carbonyl (C=O) groups excluding carboxylic acids is 2. The van der Waals surface area contributed by atoms with Crippen molar-refractivity contribution in [3.8, 4) is 5.75 Å². The van der Waals surface area contributed by atoms with Crippen LogP contribution in [0.1, 0.15) is 18.6 Å². The van der Waals surface area contributed by atoms with Crippen LogP contribution in [0, 0.1) is 0 Å². The molecule has 0 unspecified atom stereocenters. The summed E-state index contributed by atoms with van der Waals surface area (Å²) in [6, 6.07) is 7.02. The summed E-state index contributed by atoms with van der Waals surface area (Å²) in [7, 11) is 2.80. The fourth-order valence-electron chi connectivity index (χ4n) is 1.95. The van der Waals surface area contributed by atoms with Crippen LogP contribution >= 0.6 is 0 Å². The van der Waals surface area contributed by atoms with Gasteiger partial charge in [0.1, 0.15) is 11.9 Å². The minimum absolute atomic E-state index is 0.352. The summed E-state index contributed by atoms with van der Waals surface area (Å²) in [6.45, 7) is 1.32. The van der Waals surface area contributed by atoms with Gasteiger partial charge in [-0.1, -0.05) is 12.1 Å². The Hall–Kier alpha value is -1.88. The highest BCUT2D eigenvalue weighted by atomic mass is 16.7. The predicted molar refractivity (Wildman–Crippen MR) is 62.2 cm³/mol. The quantitative estimate of drug-likeness (QED) is 0.457. The molecule has 0 aliphatic carbocycles. The third-order valence-electron chi connectivity index (χ3n) is 3.05. The molecule has 1 aliphatic rings. The summed E-state index contributed by atoms with van der Waals surface area (Å²) >= 11 is 0. The van der Waals surface area contributed by atoms with Crippen molar-refractivity contribution in [2.75, 3.05) is 14.2 Å². The second kappa shape index (κ2) is 4.42. The van der Waals surface area contributed by atoms with Crippen molar-refractivity contribution >= 4 is 11.8 Å². The van der Waals surface area contributed by atoms with E-state index in [4.69, 9.17) is 9.47 Å². The van der Waals surface area contributed by atoms with Crippen molar-refractivity contribution < 1.29 is 23.8 Å². The van der Waals surface area contributed by atoms with E-state index in [1.54, 1.807) is 31.4 Å². The summed E-state index contributed by atoms with van der Waals surface area (Å²) in [5.74, 6) is -0.308. The standard InChI is InChI=1S/C13H14O5/c1-8(14)13(12(15)17-3)11(18-13)9-4-6-10(16-2)7-5-9/h4-7,11H,1-3H3/t11-,13-/m0/s1. The predicted octanol–water partition coefficient (Wildman–Crippen LogP) is 1.27. The topological polar surface area (TPSA) is 65.1 Å². The average Bonchev–Trinajstić information content (AvgIpc) is 3.14. The second-order valence-corrected chi connectivity index (χ2v) is 4.05. The maximum absolute atomic E-state index is 11.7. The smallest absolute Gasteiger partial charge is 0.349 e. The summed E-state index contributed by atoms with van der Waals surface area (Å²) < 4.78 is 15.0. The molecule has 2 atom stereocenters. The van der Waals surface area contributed by atoms with Gasteiger partial charge in [-0.2, -0.15) is 0 Å². The number of methoxy groups -OCH3 is 2. The Morgan fingerprint density at radius 3 is 2.28 bits per heavy atom. The van der Waals surface area contributed by atoms with E-state index in [-0.39, 0.29) is 5.78 Å². The first-order valence-corrected chi connectivity index (χ1v) is 5.47. The molecule has 0 radical (unpaired) electrons. The Bertz CT molecular complexity index is 479. The van der Waals surface area contributed by atoms with E-state index in [1.807, 2.05) is 0 Å². The molecule has 0 saturated carbocycles. The lowest BCUT2D eigenvalue weighted by Gasteiger charge is -2.06. The summed E-state index contributed by atoms with van der Waals surface area (Å²) in [5.41, 5.74) is -0.722. The first-order chi connectivity index (χ1) is 8.56. The number of epoxide rings is 1. The molecular formula is C13H14O5. The summed E-state index contributed by atoms with van der Waals surface area (Å²) in [5, 5.41) is 0. The van der Waals surface area contributed by atoms with Crippen LogP contribution in [0.2, 0.25) is 0 Å². The minimum atomic E-state index is -1.47. The molecule has 5 heteroatoms. The Labute approximate surface area is 105 Å². The van der Waals surface area contributed by atoms with Crippen LogP contribution < -0.4 is 4.74 Å². The zero-order chi connectivity index (χ0) is 13.3. The molecule has 0 amide bonds. The molecule has 1 saturated heterocycles. The van der Waals surface area contributed by atoms with Gasteiger partial charge in [0.25, 0.3) is 5.60 Å². The molecule has 0 bridgehead atoms. The van der Waals surface area contributed by atoms with Crippen LogP contribution in [0.25, 0.3) is 0 Å². The second-order valence-electron chi connectivity index (χ2n) is 4.05. The van der Waals surface area contributed by atoms with Gasteiger partial charge >= 0.3 is 5.97 Å². The zero-order valence-corrected chi connectivity index (χ0v) is 10.4. The molecule has 18 heavy (non-hydrogen) atoms. The number of ether oxygens (including phenoxy) is 3. The van der Waals surface area contributed by atoms with Crippen LogP contribution in [-0.4, -0.2) is 31.6 Å². The Kier molecular flexibility index (Phi) is 3.09. The monoisotopic (exact) mass is 250 g/mol. The number of hydrogen-bond donors (Lipinski definition) is 0. The van der Waals surface area contributed by atoms with Gasteiger partial charge in [-0.25, -0.2) is 4.79 Å². The molecule has 1 aliphatic heterocycles. The van der Waals surface area contributed by atoms with Crippen LogP contribution in [0.15, 0.2) is 24.3 Å².